The first-order chi connectivity index (χ1) is 11.2. The highest BCUT2D eigenvalue weighted by Gasteiger charge is 2.45. The maximum absolute atomic E-state index is 12.3. The zero-order valence-corrected chi connectivity index (χ0v) is 12.9. The average molecular weight is 318 g/mol. The Labute approximate surface area is 132 Å². The van der Waals surface area contributed by atoms with E-state index in [2.05, 4.69) is 15.1 Å². The van der Waals surface area contributed by atoms with Gasteiger partial charge in [0.15, 0.2) is 17.9 Å². The third-order valence-electron chi connectivity index (χ3n) is 4.69. The normalized spacial score (nSPS) is 23.5. The molecular weight excluding hydrogens is 300 g/mol. The van der Waals surface area contributed by atoms with Crippen LogP contribution in [-0.2, 0) is 4.74 Å². The molecule has 4 heterocycles. The molecule has 1 spiro atoms. The first-order valence-corrected chi connectivity index (χ1v) is 7.81. The predicted molar refractivity (Wildman–Crippen MR) is 76.5 cm³/mol. The summed E-state index contributed by atoms with van der Waals surface area (Å²) in [6, 6.07) is 0. The molecule has 8 heteroatoms. The van der Waals surface area contributed by atoms with Crippen LogP contribution in [0.3, 0.4) is 0 Å². The minimum Gasteiger partial charge on any atom is -0.451 e. The molecule has 2 aromatic rings. The largest absolute Gasteiger partial charge is 0.451 e. The molecule has 2 aliphatic heterocycles. The molecule has 122 valence electrons. The van der Waals surface area contributed by atoms with Gasteiger partial charge < -0.3 is 18.6 Å². The number of aryl methyl sites for hydroxylation is 1. The number of carbonyl (C=O) groups excluding carboxylic acids is 1. The van der Waals surface area contributed by atoms with Gasteiger partial charge in [-0.25, -0.2) is 4.98 Å². The number of likely N-dealkylation sites (tertiary alicyclic amines) is 1. The Balaban J connectivity index is 1.39. The van der Waals surface area contributed by atoms with E-state index in [-0.39, 0.29) is 17.6 Å². The lowest BCUT2D eigenvalue weighted by Gasteiger charge is -2.38. The smallest absolute Gasteiger partial charge is 0.275 e. The second-order valence-corrected chi connectivity index (χ2v) is 6.17. The molecule has 0 bridgehead atoms. The van der Waals surface area contributed by atoms with E-state index in [0.717, 1.165) is 25.7 Å². The lowest BCUT2D eigenvalue weighted by Crippen LogP contribution is -2.46. The van der Waals surface area contributed by atoms with Crippen LogP contribution in [0.25, 0.3) is 0 Å². The summed E-state index contributed by atoms with van der Waals surface area (Å²) in [5, 5.41) is 3.82. The molecule has 1 amide bonds. The van der Waals surface area contributed by atoms with Gasteiger partial charge in [-0.05, 0) is 32.6 Å². The molecule has 0 aromatic carbocycles. The summed E-state index contributed by atoms with van der Waals surface area (Å²) >= 11 is 0. The number of piperidine rings is 1. The number of oxazole rings is 1. The fourth-order valence-corrected chi connectivity index (χ4v) is 3.40. The highest BCUT2D eigenvalue weighted by molar-refractivity contribution is 5.91. The molecule has 2 saturated heterocycles. The van der Waals surface area contributed by atoms with Crippen LogP contribution in [0, 0.1) is 6.92 Å². The van der Waals surface area contributed by atoms with Crippen molar-refractivity contribution in [1.82, 2.24) is 20.0 Å². The number of rotatable bonds is 2. The molecular formula is C15H18N4O4. The summed E-state index contributed by atoms with van der Waals surface area (Å²) in [5.74, 6) is 1.09. The minimum absolute atomic E-state index is 0.0873. The van der Waals surface area contributed by atoms with Crippen molar-refractivity contribution in [2.24, 2.45) is 0 Å². The van der Waals surface area contributed by atoms with E-state index in [1.54, 1.807) is 11.8 Å². The summed E-state index contributed by atoms with van der Waals surface area (Å²) in [6.45, 7) is 3.11. The van der Waals surface area contributed by atoms with Crippen molar-refractivity contribution in [3.63, 3.8) is 0 Å². The maximum Gasteiger partial charge on any atom is 0.275 e. The standard InChI is InChI=1S/C15H18N4O4/c1-10-17-13(23-18-10)12-2-3-15(22-12)4-6-19(7-5-15)14(20)11-8-21-9-16-11/h8-9,12H,2-7H2,1H3/t12-/m1/s1. The van der Waals surface area contributed by atoms with Crippen molar-refractivity contribution in [3.05, 3.63) is 30.1 Å². The van der Waals surface area contributed by atoms with Gasteiger partial charge in [0.25, 0.3) is 11.8 Å². The highest BCUT2D eigenvalue weighted by atomic mass is 16.5. The first-order valence-electron chi connectivity index (χ1n) is 7.81. The molecule has 0 unspecified atom stereocenters. The van der Waals surface area contributed by atoms with Crippen LogP contribution in [-0.4, -0.2) is 44.6 Å². The van der Waals surface area contributed by atoms with Crippen molar-refractivity contribution < 1.29 is 18.5 Å². The van der Waals surface area contributed by atoms with Gasteiger partial charge in [0.1, 0.15) is 12.4 Å². The van der Waals surface area contributed by atoms with Crippen LogP contribution in [0.5, 0.6) is 0 Å². The minimum atomic E-state index is -0.187. The van der Waals surface area contributed by atoms with Crippen LogP contribution >= 0.6 is 0 Å². The summed E-state index contributed by atoms with van der Waals surface area (Å²) in [6.07, 6.45) is 5.96. The lowest BCUT2D eigenvalue weighted by molar-refractivity contribution is -0.0821. The van der Waals surface area contributed by atoms with E-state index < -0.39 is 0 Å². The van der Waals surface area contributed by atoms with Gasteiger partial charge in [-0.15, -0.1) is 0 Å². The Morgan fingerprint density at radius 3 is 2.83 bits per heavy atom. The summed E-state index contributed by atoms with van der Waals surface area (Å²) in [5.41, 5.74) is 0.167. The molecule has 23 heavy (non-hydrogen) atoms. The Morgan fingerprint density at radius 1 is 1.35 bits per heavy atom. The van der Waals surface area contributed by atoms with Crippen LogP contribution in [0.15, 0.2) is 21.6 Å². The molecule has 0 radical (unpaired) electrons. The van der Waals surface area contributed by atoms with Crippen LogP contribution in [0.4, 0.5) is 0 Å². The van der Waals surface area contributed by atoms with E-state index in [4.69, 9.17) is 13.7 Å². The molecule has 0 saturated carbocycles. The van der Waals surface area contributed by atoms with Crippen molar-refractivity contribution in [3.8, 4) is 0 Å². The number of aromatic nitrogens is 3. The Kier molecular flexibility index (Phi) is 3.41. The molecule has 0 aliphatic carbocycles. The fourth-order valence-electron chi connectivity index (χ4n) is 3.40. The SMILES string of the molecule is Cc1noc([C@H]2CCC3(CCN(C(=O)c4cocn4)CC3)O2)n1. The second kappa shape index (κ2) is 5.45. The van der Waals surface area contributed by atoms with E-state index in [1.807, 2.05) is 0 Å². The Bertz CT molecular complexity index is 688. The zero-order valence-electron chi connectivity index (χ0n) is 12.9. The molecule has 2 fully saturated rings. The van der Waals surface area contributed by atoms with E-state index in [0.29, 0.717) is 30.5 Å². The van der Waals surface area contributed by atoms with Gasteiger partial charge >= 0.3 is 0 Å². The van der Waals surface area contributed by atoms with Gasteiger partial charge in [0.2, 0.25) is 0 Å². The van der Waals surface area contributed by atoms with Gasteiger partial charge in [-0.1, -0.05) is 5.16 Å². The molecule has 2 aromatic heterocycles. The number of carbonyl (C=O) groups is 1. The summed E-state index contributed by atoms with van der Waals surface area (Å²) in [4.78, 5) is 22.3. The summed E-state index contributed by atoms with van der Waals surface area (Å²) in [7, 11) is 0. The monoisotopic (exact) mass is 318 g/mol. The number of hydrogen-bond donors (Lipinski definition) is 0. The molecule has 2 aliphatic rings. The third-order valence-corrected chi connectivity index (χ3v) is 4.69. The molecule has 1 atom stereocenters. The van der Waals surface area contributed by atoms with Crippen molar-refractivity contribution in [1.29, 1.82) is 0 Å². The maximum atomic E-state index is 12.3. The quantitative estimate of drug-likeness (QED) is 0.834. The third kappa shape index (κ3) is 2.63. The predicted octanol–water partition coefficient (Wildman–Crippen LogP) is 1.89. The molecule has 4 rings (SSSR count). The highest BCUT2D eigenvalue weighted by Crippen LogP contribution is 2.44. The van der Waals surface area contributed by atoms with Gasteiger partial charge in [-0.2, -0.15) is 4.98 Å². The summed E-state index contributed by atoms with van der Waals surface area (Å²) < 4.78 is 16.3. The number of nitrogens with zero attached hydrogens (tertiary/aromatic N) is 4. The van der Waals surface area contributed by atoms with E-state index in [1.165, 1.54) is 12.7 Å². The van der Waals surface area contributed by atoms with Crippen LogP contribution < -0.4 is 0 Å². The topological polar surface area (TPSA) is 94.5 Å². The van der Waals surface area contributed by atoms with Crippen LogP contribution in [0.1, 0.15) is 54.0 Å². The van der Waals surface area contributed by atoms with Crippen molar-refractivity contribution in [2.75, 3.05) is 13.1 Å². The zero-order chi connectivity index (χ0) is 15.9. The van der Waals surface area contributed by atoms with Crippen molar-refractivity contribution >= 4 is 5.91 Å². The van der Waals surface area contributed by atoms with Gasteiger partial charge in [-0.3, -0.25) is 4.79 Å². The lowest BCUT2D eigenvalue weighted by atomic mass is 9.88. The molecule has 0 N–H and O–H groups in total. The van der Waals surface area contributed by atoms with Crippen molar-refractivity contribution in [2.45, 2.75) is 44.3 Å². The van der Waals surface area contributed by atoms with Gasteiger partial charge in [0, 0.05) is 13.1 Å². The Morgan fingerprint density at radius 2 is 2.17 bits per heavy atom. The van der Waals surface area contributed by atoms with E-state index >= 15 is 0 Å². The second-order valence-electron chi connectivity index (χ2n) is 6.17. The fraction of sp³-hybridized carbons (Fsp3) is 0.600. The Hall–Kier alpha value is -2.22. The first kappa shape index (κ1) is 14.4. The van der Waals surface area contributed by atoms with Gasteiger partial charge in [0.05, 0.1) is 5.60 Å². The molecule has 8 nitrogen and oxygen atoms in total. The number of hydrogen-bond acceptors (Lipinski definition) is 7. The van der Waals surface area contributed by atoms with E-state index in [9.17, 15) is 4.79 Å². The number of ether oxygens (including phenoxy) is 1. The van der Waals surface area contributed by atoms with Crippen LogP contribution in [0.2, 0.25) is 0 Å². The average Bonchev–Trinajstić information content (AvgIpc) is 3.28. The number of amides is 1.